The molecule has 3 aromatic rings. The van der Waals surface area contributed by atoms with Gasteiger partial charge in [0.05, 0.1) is 12.0 Å². The van der Waals surface area contributed by atoms with Gasteiger partial charge in [0.2, 0.25) is 5.91 Å². The first-order valence-corrected chi connectivity index (χ1v) is 9.95. The van der Waals surface area contributed by atoms with Crippen molar-refractivity contribution in [2.75, 3.05) is 5.75 Å². The van der Waals surface area contributed by atoms with Crippen molar-refractivity contribution in [2.24, 2.45) is 5.10 Å². The van der Waals surface area contributed by atoms with Crippen molar-refractivity contribution in [3.8, 4) is 5.69 Å². The predicted molar refractivity (Wildman–Crippen MR) is 113 cm³/mol. The van der Waals surface area contributed by atoms with Gasteiger partial charge in [0.15, 0.2) is 0 Å². The van der Waals surface area contributed by atoms with Crippen molar-refractivity contribution in [2.45, 2.75) is 18.7 Å². The summed E-state index contributed by atoms with van der Waals surface area (Å²) < 4.78 is 15.2. The molecule has 0 aliphatic rings. The highest BCUT2D eigenvalue weighted by atomic mass is 35.5. The fourth-order valence-corrected chi connectivity index (χ4v) is 3.61. The maximum atomic E-state index is 13.2. The molecule has 0 saturated carbocycles. The zero-order valence-corrected chi connectivity index (χ0v) is 17.0. The number of aryl methyl sites for hydroxylation is 1. The molecule has 1 aromatic heterocycles. The lowest BCUT2D eigenvalue weighted by Gasteiger charge is -2.09. The molecule has 1 amide bonds. The molecule has 2 aromatic carbocycles. The van der Waals surface area contributed by atoms with E-state index in [-0.39, 0.29) is 17.5 Å². The molecule has 0 aliphatic carbocycles. The molecule has 144 valence electrons. The quantitative estimate of drug-likeness (QED) is 0.344. The standard InChI is InChI=1S/C21H19ClFN3OS/c1-14-11-16(15(2)26(14)19-7-5-18(23)6-8-19)12-24-25-21(27)13-28-20-9-3-17(22)4-10-20/h3-12H,13H2,1-2H3,(H,25,27)/b24-12+. The third-order valence-electron chi connectivity index (χ3n) is 4.13. The van der Waals surface area contributed by atoms with Crippen LogP contribution in [0.25, 0.3) is 5.69 Å². The van der Waals surface area contributed by atoms with Crippen LogP contribution in [0.3, 0.4) is 0 Å². The van der Waals surface area contributed by atoms with Gasteiger partial charge in [0, 0.05) is 32.6 Å². The Bertz CT molecular complexity index is 998. The van der Waals surface area contributed by atoms with Crippen LogP contribution in [0, 0.1) is 19.7 Å². The molecular formula is C21H19ClFN3OS. The number of thioether (sulfide) groups is 1. The summed E-state index contributed by atoms with van der Waals surface area (Å²) in [5, 5.41) is 4.72. The Kier molecular flexibility index (Phi) is 6.54. The fourth-order valence-electron chi connectivity index (χ4n) is 2.79. The summed E-state index contributed by atoms with van der Waals surface area (Å²) in [7, 11) is 0. The van der Waals surface area contributed by atoms with Crippen molar-refractivity contribution in [1.29, 1.82) is 0 Å². The van der Waals surface area contributed by atoms with E-state index in [1.165, 1.54) is 23.9 Å². The summed E-state index contributed by atoms with van der Waals surface area (Å²) >= 11 is 7.26. The van der Waals surface area contributed by atoms with Gasteiger partial charge in [0.1, 0.15) is 5.82 Å². The largest absolute Gasteiger partial charge is 0.318 e. The van der Waals surface area contributed by atoms with Gasteiger partial charge < -0.3 is 4.57 Å². The van der Waals surface area contributed by atoms with Gasteiger partial charge in [-0.1, -0.05) is 11.6 Å². The van der Waals surface area contributed by atoms with E-state index in [2.05, 4.69) is 10.5 Å². The Morgan fingerprint density at radius 2 is 1.86 bits per heavy atom. The predicted octanol–water partition coefficient (Wildman–Crippen LogP) is 5.13. The van der Waals surface area contributed by atoms with Crippen molar-refractivity contribution in [3.05, 3.63) is 82.4 Å². The van der Waals surface area contributed by atoms with E-state index < -0.39 is 0 Å². The number of rotatable bonds is 6. The Morgan fingerprint density at radius 3 is 2.54 bits per heavy atom. The third-order valence-corrected chi connectivity index (χ3v) is 5.40. The number of nitrogens with one attached hydrogen (secondary N) is 1. The number of halogens is 2. The molecular weight excluding hydrogens is 397 g/mol. The molecule has 0 unspecified atom stereocenters. The molecule has 3 rings (SSSR count). The topological polar surface area (TPSA) is 46.4 Å². The van der Waals surface area contributed by atoms with Crippen LogP contribution in [0.2, 0.25) is 5.02 Å². The van der Waals surface area contributed by atoms with Crippen molar-refractivity contribution < 1.29 is 9.18 Å². The second-order valence-corrected chi connectivity index (χ2v) is 7.66. The number of carbonyl (C=O) groups excluding carboxylic acids is 1. The summed E-state index contributed by atoms with van der Waals surface area (Å²) in [6, 6.07) is 15.6. The van der Waals surface area contributed by atoms with Gasteiger partial charge in [-0.25, -0.2) is 9.82 Å². The van der Waals surface area contributed by atoms with E-state index in [1.54, 1.807) is 30.5 Å². The lowest BCUT2D eigenvalue weighted by atomic mass is 10.2. The molecule has 0 bridgehead atoms. The van der Waals surface area contributed by atoms with Crippen molar-refractivity contribution in [1.82, 2.24) is 9.99 Å². The van der Waals surface area contributed by atoms with Gasteiger partial charge in [-0.2, -0.15) is 5.10 Å². The first-order chi connectivity index (χ1) is 13.4. The molecule has 0 saturated heterocycles. The Balaban J connectivity index is 1.61. The molecule has 28 heavy (non-hydrogen) atoms. The molecule has 0 radical (unpaired) electrons. The van der Waals surface area contributed by atoms with Crippen molar-refractivity contribution >= 4 is 35.5 Å². The highest BCUT2D eigenvalue weighted by Crippen LogP contribution is 2.21. The average molecular weight is 416 g/mol. The Labute approximate surface area is 172 Å². The number of hydrogen-bond acceptors (Lipinski definition) is 3. The molecule has 1 N–H and O–H groups in total. The second-order valence-electron chi connectivity index (χ2n) is 6.17. The molecule has 0 aliphatic heterocycles. The monoisotopic (exact) mass is 415 g/mol. The Morgan fingerprint density at radius 1 is 1.18 bits per heavy atom. The van der Waals surface area contributed by atoms with E-state index in [9.17, 15) is 9.18 Å². The van der Waals surface area contributed by atoms with Crippen LogP contribution in [0.4, 0.5) is 4.39 Å². The van der Waals surface area contributed by atoms with E-state index in [4.69, 9.17) is 11.6 Å². The Hall–Kier alpha value is -2.57. The molecule has 0 spiro atoms. The minimum absolute atomic E-state index is 0.191. The normalized spacial score (nSPS) is 11.1. The number of amides is 1. The summed E-state index contributed by atoms with van der Waals surface area (Å²) in [4.78, 5) is 12.9. The number of hydrazone groups is 1. The third kappa shape index (κ3) is 5.03. The highest BCUT2D eigenvalue weighted by Gasteiger charge is 2.09. The summed E-state index contributed by atoms with van der Waals surface area (Å²) in [5.41, 5.74) is 6.25. The van der Waals surface area contributed by atoms with Crippen LogP contribution in [-0.2, 0) is 4.79 Å². The fraction of sp³-hybridized carbons (Fsp3) is 0.143. The summed E-state index contributed by atoms with van der Waals surface area (Å²) in [6.45, 7) is 3.92. The minimum Gasteiger partial charge on any atom is -0.318 e. The number of benzene rings is 2. The zero-order valence-electron chi connectivity index (χ0n) is 15.4. The molecule has 4 nitrogen and oxygen atoms in total. The van der Waals surface area contributed by atoms with Gasteiger partial charge in [-0.05, 0) is 68.4 Å². The van der Waals surface area contributed by atoms with Gasteiger partial charge in [-0.3, -0.25) is 4.79 Å². The number of nitrogens with zero attached hydrogens (tertiary/aromatic N) is 2. The van der Waals surface area contributed by atoms with E-state index in [0.717, 1.165) is 27.5 Å². The zero-order chi connectivity index (χ0) is 20.1. The van der Waals surface area contributed by atoms with E-state index in [0.29, 0.717) is 5.02 Å². The maximum absolute atomic E-state index is 13.2. The number of hydrogen-bond donors (Lipinski definition) is 1. The van der Waals surface area contributed by atoms with Crippen LogP contribution < -0.4 is 5.43 Å². The molecule has 0 fully saturated rings. The summed E-state index contributed by atoms with van der Waals surface area (Å²) in [5.74, 6) is -0.205. The van der Waals surface area contributed by atoms with Crippen LogP contribution in [0.15, 0.2) is 64.6 Å². The molecule has 1 heterocycles. The van der Waals surface area contributed by atoms with Crippen LogP contribution in [-0.4, -0.2) is 22.4 Å². The van der Waals surface area contributed by atoms with Gasteiger partial charge >= 0.3 is 0 Å². The molecule has 7 heteroatoms. The van der Waals surface area contributed by atoms with Gasteiger partial charge in [-0.15, -0.1) is 11.8 Å². The lowest BCUT2D eigenvalue weighted by Crippen LogP contribution is -2.19. The SMILES string of the molecule is Cc1cc(/C=N/NC(=O)CSc2ccc(Cl)cc2)c(C)n1-c1ccc(F)cc1. The lowest BCUT2D eigenvalue weighted by molar-refractivity contribution is -0.118. The average Bonchev–Trinajstić information content (AvgIpc) is 2.96. The first kappa shape index (κ1) is 20.2. The van der Waals surface area contributed by atoms with Crippen LogP contribution >= 0.6 is 23.4 Å². The highest BCUT2D eigenvalue weighted by molar-refractivity contribution is 8.00. The first-order valence-electron chi connectivity index (χ1n) is 8.59. The minimum atomic E-state index is -0.271. The van der Waals surface area contributed by atoms with Gasteiger partial charge in [0.25, 0.3) is 0 Å². The van der Waals surface area contributed by atoms with Crippen molar-refractivity contribution in [3.63, 3.8) is 0 Å². The van der Waals surface area contributed by atoms with E-state index in [1.807, 2.05) is 36.6 Å². The number of aromatic nitrogens is 1. The van der Waals surface area contributed by atoms with Crippen LogP contribution in [0.5, 0.6) is 0 Å². The molecule has 0 atom stereocenters. The second kappa shape index (κ2) is 9.08. The van der Waals surface area contributed by atoms with E-state index >= 15 is 0 Å². The maximum Gasteiger partial charge on any atom is 0.250 e. The smallest absolute Gasteiger partial charge is 0.250 e. The summed E-state index contributed by atoms with van der Waals surface area (Å²) in [6.07, 6.45) is 1.62. The van der Waals surface area contributed by atoms with Crippen LogP contribution in [0.1, 0.15) is 17.0 Å². The number of carbonyl (C=O) groups is 1.